The van der Waals surface area contributed by atoms with Gasteiger partial charge in [-0.25, -0.2) is 15.0 Å². The lowest BCUT2D eigenvalue weighted by Gasteiger charge is -2.27. The number of benzene rings is 1. The Morgan fingerprint density at radius 1 is 1.33 bits per heavy atom. The third-order valence-corrected chi connectivity index (χ3v) is 4.83. The van der Waals surface area contributed by atoms with E-state index < -0.39 is 0 Å². The zero-order valence-electron chi connectivity index (χ0n) is 16.8. The lowest BCUT2D eigenvalue weighted by atomic mass is 10.1. The van der Waals surface area contributed by atoms with Crippen LogP contribution in [0.1, 0.15) is 24.4 Å². The number of aromatic hydroxyl groups is 1. The van der Waals surface area contributed by atoms with Crippen LogP contribution >= 0.6 is 0 Å². The number of phenolic OH excluding ortho intramolecular Hbond substituents is 1. The van der Waals surface area contributed by atoms with Gasteiger partial charge in [0.05, 0.1) is 25.6 Å². The van der Waals surface area contributed by atoms with Crippen molar-refractivity contribution < 1.29 is 9.84 Å². The number of phenols is 1. The van der Waals surface area contributed by atoms with Gasteiger partial charge in [-0.3, -0.25) is 4.99 Å². The zero-order chi connectivity index (χ0) is 20.9. The van der Waals surface area contributed by atoms with E-state index in [1.54, 1.807) is 30.9 Å². The molecule has 1 aromatic carbocycles. The average Bonchev–Trinajstić information content (AvgIpc) is 3.12. The SMILES string of the molecule is C=C(/C=N\C=C/C)c1nc(NCCc2ccc(O)cc2)c2ncn(C3COC3)c2n1. The van der Waals surface area contributed by atoms with Gasteiger partial charge in [-0.05, 0) is 31.0 Å². The van der Waals surface area contributed by atoms with Gasteiger partial charge in [-0.1, -0.05) is 24.8 Å². The fourth-order valence-corrected chi connectivity index (χ4v) is 3.10. The molecule has 2 aromatic heterocycles. The number of ether oxygens (including phenoxy) is 1. The van der Waals surface area contributed by atoms with Crippen molar-refractivity contribution in [2.45, 2.75) is 19.4 Å². The summed E-state index contributed by atoms with van der Waals surface area (Å²) in [6.07, 6.45) is 7.75. The molecule has 1 aliphatic heterocycles. The molecule has 0 saturated carbocycles. The predicted octanol–water partition coefficient (Wildman–Crippen LogP) is 3.38. The smallest absolute Gasteiger partial charge is 0.166 e. The molecule has 0 radical (unpaired) electrons. The summed E-state index contributed by atoms with van der Waals surface area (Å²) in [5.74, 6) is 1.43. The number of nitrogens with one attached hydrogen (secondary N) is 1. The number of aliphatic imine (C=N–C) groups is 1. The van der Waals surface area contributed by atoms with Crippen molar-refractivity contribution in [3.8, 4) is 5.75 Å². The minimum absolute atomic E-state index is 0.229. The van der Waals surface area contributed by atoms with Crippen molar-refractivity contribution >= 4 is 28.8 Å². The van der Waals surface area contributed by atoms with E-state index in [-0.39, 0.29) is 11.8 Å². The third-order valence-electron chi connectivity index (χ3n) is 4.83. The van der Waals surface area contributed by atoms with Crippen molar-refractivity contribution in [1.29, 1.82) is 0 Å². The second-order valence-electron chi connectivity index (χ2n) is 7.04. The molecule has 0 amide bonds. The minimum atomic E-state index is 0.229. The Bertz CT molecular complexity index is 1100. The van der Waals surface area contributed by atoms with Gasteiger partial charge in [-0.15, -0.1) is 0 Å². The first-order valence-corrected chi connectivity index (χ1v) is 9.83. The Morgan fingerprint density at radius 2 is 2.13 bits per heavy atom. The van der Waals surface area contributed by atoms with E-state index in [0.29, 0.717) is 37.0 Å². The molecular formula is C22H24N6O2. The number of hydrogen-bond acceptors (Lipinski definition) is 7. The number of rotatable bonds is 8. The van der Waals surface area contributed by atoms with Crippen molar-refractivity contribution in [3.05, 3.63) is 60.8 Å². The molecule has 3 heterocycles. The van der Waals surface area contributed by atoms with Gasteiger partial charge in [0.1, 0.15) is 11.3 Å². The molecular weight excluding hydrogens is 380 g/mol. The summed E-state index contributed by atoms with van der Waals surface area (Å²) in [6, 6.07) is 7.42. The standard InChI is InChI=1S/C22H24N6O2/c1-3-9-23-11-15(2)20-26-21(24-10-8-16-4-6-18(29)7-5-16)19-22(27-20)28(14-25-19)17-12-30-13-17/h3-7,9,11,14,17,29H,2,8,10,12-13H2,1H3,(H,24,26,27)/b9-3-,23-11-. The number of allylic oxidation sites excluding steroid dienone is 2. The largest absolute Gasteiger partial charge is 0.508 e. The first kappa shape index (κ1) is 19.8. The van der Waals surface area contributed by atoms with Gasteiger partial charge in [0.15, 0.2) is 17.3 Å². The maximum atomic E-state index is 9.44. The molecule has 3 aromatic rings. The van der Waals surface area contributed by atoms with E-state index in [9.17, 15) is 5.11 Å². The van der Waals surface area contributed by atoms with Crippen LogP contribution in [0.15, 0.2) is 54.4 Å². The maximum Gasteiger partial charge on any atom is 0.166 e. The number of fused-ring (bicyclic) bond motifs is 1. The second kappa shape index (κ2) is 8.87. The van der Waals surface area contributed by atoms with Crippen LogP contribution in [0.25, 0.3) is 16.7 Å². The van der Waals surface area contributed by atoms with Gasteiger partial charge in [-0.2, -0.15) is 0 Å². The molecule has 4 rings (SSSR count). The molecule has 30 heavy (non-hydrogen) atoms. The van der Waals surface area contributed by atoms with Crippen LogP contribution in [-0.2, 0) is 11.2 Å². The molecule has 154 valence electrons. The monoisotopic (exact) mass is 404 g/mol. The fraction of sp³-hybridized carbons (Fsp3) is 0.273. The molecule has 2 N–H and O–H groups in total. The van der Waals surface area contributed by atoms with Gasteiger partial charge >= 0.3 is 0 Å². The van der Waals surface area contributed by atoms with Gasteiger partial charge in [0.2, 0.25) is 0 Å². The van der Waals surface area contributed by atoms with Crippen LogP contribution in [-0.4, -0.2) is 50.6 Å². The molecule has 1 aliphatic rings. The van der Waals surface area contributed by atoms with Crippen LogP contribution in [0.3, 0.4) is 0 Å². The van der Waals surface area contributed by atoms with E-state index in [2.05, 4.69) is 26.9 Å². The Morgan fingerprint density at radius 3 is 2.83 bits per heavy atom. The van der Waals surface area contributed by atoms with E-state index in [0.717, 1.165) is 23.1 Å². The van der Waals surface area contributed by atoms with Crippen LogP contribution in [0.5, 0.6) is 5.75 Å². The minimum Gasteiger partial charge on any atom is -0.508 e. The Hall–Kier alpha value is -3.52. The molecule has 0 atom stereocenters. The first-order valence-electron chi connectivity index (χ1n) is 9.83. The van der Waals surface area contributed by atoms with Gasteiger partial charge < -0.3 is 19.7 Å². The van der Waals surface area contributed by atoms with E-state index in [4.69, 9.17) is 9.72 Å². The molecule has 0 unspecified atom stereocenters. The third kappa shape index (κ3) is 4.23. The summed E-state index contributed by atoms with van der Waals surface area (Å²) < 4.78 is 7.36. The van der Waals surface area contributed by atoms with Crippen LogP contribution in [0, 0.1) is 0 Å². The fourth-order valence-electron chi connectivity index (χ4n) is 3.10. The normalized spacial score (nSPS) is 14.6. The quantitative estimate of drug-likeness (QED) is 0.559. The number of hydrogen-bond donors (Lipinski definition) is 2. The highest BCUT2D eigenvalue weighted by molar-refractivity contribution is 6.08. The molecule has 0 spiro atoms. The highest BCUT2D eigenvalue weighted by Crippen LogP contribution is 2.26. The molecule has 8 nitrogen and oxygen atoms in total. The number of imidazole rings is 1. The summed E-state index contributed by atoms with van der Waals surface area (Å²) in [4.78, 5) is 18.1. The molecule has 1 saturated heterocycles. The summed E-state index contributed by atoms with van der Waals surface area (Å²) >= 11 is 0. The topological polar surface area (TPSA) is 97.5 Å². The summed E-state index contributed by atoms with van der Waals surface area (Å²) in [6.45, 7) is 7.92. The number of aromatic nitrogens is 4. The predicted molar refractivity (Wildman–Crippen MR) is 118 cm³/mol. The molecule has 1 fully saturated rings. The molecule has 0 bridgehead atoms. The van der Waals surface area contributed by atoms with E-state index >= 15 is 0 Å². The first-order chi connectivity index (χ1) is 14.7. The summed E-state index contributed by atoms with van der Waals surface area (Å²) in [5.41, 5.74) is 3.20. The van der Waals surface area contributed by atoms with Crippen LogP contribution in [0.2, 0.25) is 0 Å². The van der Waals surface area contributed by atoms with Crippen molar-refractivity contribution in [3.63, 3.8) is 0 Å². The van der Waals surface area contributed by atoms with E-state index in [1.807, 2.05) is 29.7 Å². The lowest BCUT2D eigenvalue weighted by Crippen LogP contribution is -2.30. The van der Waals surface area contributed by atoms with Gasteiger partial charge in [0.25, 0.3) is 0 Å². The van der Waals surface area contributed by atoms with Crippen LogP contribution < -0.4 is 5.32 Å². The second-order valence-corrected chi connectivity index (χ2v) is 7.04. The summed E-state index contributed by atoms with van der Waals surface area (Å²) in [5, 5.41) is 12.8. The van der Waals surface area contributed by atoms with Crippen molar-refractivity contribution in [2.24, 2.45) is 4.99 Å². The number of anilines is 1. The average molecular weight is 404 g/mol. The highest BCUT2D eigenvalue weighted by atomic mass is 16.5. The Labute approximate surface area is 174 Å². The van der Waals surface area contributed by atoms with E-state index in [1.165, 1.54) is 0 Å². The Kier molecular flexibility index (Phi) is 5.85. The lowest BCUT2D eigenvalue weighted by molar-refractivity contribution is -0.0218. The maximum absolute atomic E-state index is 9.44. The molecule has 0 aliphatic carbocycles. The van der Waals surface area contributed by atoms with Gasteiger partial charge in [0, 0.05) is 24.5 Å². The summed E-state index contributed by atoms with van der Waals surface area (Å²) in [7, 11) is 0. The zero-order valence-corrected chi connectivity index (χ0v) is 16.8. The van der Waals surface area contributed by atoms with Crippen molar-refractivity contribution in [1.82, 2.24) is 19.5 Å². The Balaban J connectivity index is 1.61. The van der Waals surface area contributed by atoms with Crippen LogP contribution in [0.4, 0.5) is 5.82 Å². The molecule has 8 heteroatoms. The highest BCUT2D eigenvalue weighted by Gasteiger charge is 2.24. The van der Waals surface area contributed by atoms with Crippen molar-refractivity contribution in [2.75, 3.05) is 25.1 Å². The number of nitrogens with zero attached hydrogens (tertiary/aromatic N) is 5.